The quantitative estimate of drug-likeness (QED) is 0.830. The Morgan fingerprint density at radius 2 is 2.53 bits per heavy atom. The second-order valence-electron chi connectivity index (χ2n) is 4.72. The first-order chi connectivity index (χ1) is 9.20. The van der Waals surface area contributed by atoms with Crippen LogP contribution < -0.4 is 5.32 Å². The Kier molecular flexibility index (Phi) is 4.86. The summed E-state index contributed by atoms with van der Waals surface area (Å²) in [4.78, 5) is 18.0. The van der Waals surface area contributed by atoms with Crippen LogP contribution in [0, 0.1) is 0 Å². The predicted octanol–water partition coefficient (Wildman–Crippen LogP) is 0.358. The summed E-state index contributed by atoms with van der Waals surface area (Å²) in [5.74, 6) is 0.511. The lowest BCUT2D eigenvalue weighted by Gasteiger charge is -2.32. The summed E-state index contributed by atoms with van der Waals surface area (Å²) < 4.78 is 10.5. The maximum atomic E-state index is 11.9. The molecule has 0 saturated carbocycles. The number of carbonyl (C=O) groups is 1. The SMILES string of the molecule is CCC(C)NC(=O)CN1CCOCC1c1ncno1. The van der Waals surface area contributed by atoms with Gasteiger partial charge in [-0.2, -0.15) is 4.98 Å². The monoisotopic (exact) mass is 268 g/mol. The van der Waals surface area contributed by atoms with Gasteiger partial charge in [-0.1, -0.05) is 12.1 Å². The first-order valence-electron chi connectivity index (χ1n) is 6.58. The van der Waals surface area contributed by atoms with Crippen LogP contribution in [-0.4, -0.2) is 53.3 Å². The van der Waals surface area contributed by atoms with Crippen LogP contribution in [-0.2, 0) is 9.53 Å². The molecule has 2 heterocycles. The number of ether oxygens (including phenoxy) is 1. The molecule has 1 aromatic rings. The van der Waals surface area contributed by atoms with E-state index < -0.39 is 0 Å². The largest absolute Gasteiger partial charge is 0.378 e. The van der Waals surface area contributed by atoms with E-state index in [1.807, 2.05) is 18.7 Å². The lowest BCUT2D eigenvalue weighted by Crippen LogP contribution is -2.46. The number of nitrogens with zero attached hydrogens (tertiary/aromatic N) is 3. The van der Waals surface area contributed by atoms with E-state index in [-0.39, 0.29) is 18.0 Å². The maximum absolute atomic E-state index is 11.9. The van der Waals surface area contributed by atoms with Gasteiger partial charge in [-0.15, -0.1) is 0 Å². The molecular weight excluding hydrogens is 248 g/mol. The van der Waals surface area contributed by atoms with Crippen molar-refractivity contribution in [3.05, 3.63) is 12.2 Å². The van der Waals surface area contributed by atoms with Crippen LogP contribution in [0.5, 0.6) is 0 Å². The Morgan fingerprint density at radius 3 is 3.21 bits per heavy atom. The summed E-state index contributed by atoms with van der Waals surface area (Å²) in [5, 5.41) is 6.56. The smallest absolute Gasteiger partial charge is 0.246 e. The Bertz CT molecular complexity index is 396. The van der Waals surface area contributed by atoms with E-state index in [0.29, 0.717) is 32.2 Å². The van der Waals surface area contributed by atoms with E-state index in [1.54, 1.807) is 0 Å². The highest BCUT2D eigenvalue weighted by Gasteiger charge is 2.30. The summed E-state index contributed by atoms with van der Waals surface area (Å²) >= 11 is 0. The second kappa shape index (κ2) is 6.63. The van der Waals surface area contributed by atoms with Crippen LogP contribution in [0.1, 0.15) is 32.2 Å². The van der Waals surface area contributed by atoms with Gasteiger partial charge in [-0.3, -0.25) is 9.69 Å². The van der Waals surface area contributed by atoms with E-state index in [0.717, 1.165) is 6.42 Å². The van der Waals surface area contributed by atoms with E-state index in [1.165, 1.54) is 6.33 Å². The van der Waals surface area contributed by atoms with Gasteiger partial charge in [-0.05, 0) is 13.3 Å². The van der Waals surface area contributed by atoms with Gasteiger partial charge >= 0.3 is 0 Å². The summed E-state index contributed by atoms with van der Waals surface area (Å²) in [5.41, 5.74) is 0. The molecule has 1 aromatic heterocycles. The minimum atomic E-state index is -0.140. The third-order valence-electron chi connectivity index (χ3n) is 3.27. The van der Waals surface area contributed by atoms with Crippen molar-refractivity contribution in [2.75, 3.05) is 26.3 Å². The molecule has 106 valence electrons. The molecule has 0 aromatic carbocycles. The molecule has 7 heteroatoms. The highest BCUT2D eigenvalue weighted by Crippen LogP contribution is 2.21. The summed E-state index contributed by atoms with van der Waals surface area (Å²) in [6.07, 6.45) is 2.28. The Balaban J connectivity index is 1.94. The van der Waals surface area contributed by atoms with E-state index in [4.69, 9.17) is 9.26 Å². The lowest BCUT2D eigenvalue weighted by molar-refractivity contribution is -0.125. The number of aromatic nitrogens is 2. The Labute approximate surface area is 112 Å². The first-order valence-corrected chi connectivity index (χ1v) is 6.58. The second-order valence-corrected chi connectivity index (χ2v) is 4.72. The molecule has 1 fully saturated rings. The minimum absolute atomic E-state index is 0.0146. The highest BCUT2D eigenvalue weighted by atomic mass is 16.5. The number of hydrogen-bond acceptors (Lipinski definition) is 6. The molecule has 0 bridgehead atoms. The van der Waals surface area contributed by atoms with Crippen molar-refractivity contribution in [1.29, 1.82) is 0 Å². The molecule has 2 rings (SSSR count). The van der Waals surface area contributed by atoms with Crippen LogP contribution in [0.4, 0.5) is 0 Å². The first kappa shape index (κ1) is 14.0. The number of amides is 1. The van der Waals surface area contributed by atoms with Crippen molar-refractivity contribution in [3.8, 4) is 0 Å². The fraction of sp³-hybridized carbons (Fsp3) is 0.750. The molecule has 1 N–H and O–H groups in total. The zero-order chi connectivity index (χ0) is 13.7. The average Bonchev–Trinajstić information content (AvgIpc) is 2.93. The molecule has 2 atom stereocenters. The van der Waals surface area contributed by atoms with E-state index in [9.17, 15) is 4.79 Å². The lowest BCUT2D eigenvalue weighted by atomic mass is 10.2. The summed E-state index contributed by atoms with van der Waals surface area (Å²) in [6, 6.07) is 0.0503. The van der Waals surface area contributed by atoms with Gasteiger partial charge in [0.05, 0.1) is 19.8 Å². The topological polar surface area (TPSA) is 80.5 Å². The van der Waals surface area contributed by atoms with Crippen LogP contribution in [0.2, 0.25) is 0 Å². The fourth-order valence-corrected chi connectivity index (χ4v) is 1.99. The molecule has 7 nitrogen and oxygen atoms in total. The molecule has 0 aliphatic carbocycles. The normalized spacial score (nSPS) is 22.1. The fourth-order valence-electron chi connectivity index (χ4n) is 1.99. The zero-order valence-corrected chi connectivity index (χ0v) is 11.3. The van der Waals surface area contributed by atoms with Gasteiger partial charge in [0.1, 0.15) is 6.04 Å². The molecule has 2 unspecified atom stereocenters. The molecule has 1 saturated heterocycles. The molecule has 19 heavy (non-hydrogen) atoms. The maximum Gasteiger partial charge on any atom is 0.246 e. The minimum Gasteiger partial charge on any atom is -0.378 e. The molecule has 0 radical (unpaired) electrons. The van der Waals surface area contributed by atoms with Gasteiger partial charge in [0.25, 0.3) is 0 Å². The van der Waals surface area contributed by atoms with Crippen LogP contribution in [0.3, 0.4) is 0 Å². The van der Waals surface area contributed by atoms with Crippen molar-refractivity contribution < 1.29 is 14.1 Å². The standard InChI is InChI=1S/C12H20N4O3/c1-3-9(2)15-11(17)6-16-4-5-18-7-10(16)12-13-8-14-19-12/h8-10H,3-7H2,1-2H3,(H,15,17). The van der Waals surface area contributed by atoms with Gasteiger partial charge in [0.15, 0.2) is 6.33 Å². The number of rotatable bonds is 5. The summed E-state index contributed by atoms with van der Waals surface area (Å²) in [6.45, 7) is 6.12. The zero-order valence-electron chi connectivity index (χ0n) is 11.3. The van der Waals surface area contributed by atoms with Crippen LogP contribution in [0.15, 0.2) is 10.9 Å². The van der Waals surface area contributed by atoms with Gasteiger partial charge in [0, 0.05) is 12.6 Å². The van der Waals surface area contributed by atoms with Crippen molar-refractivity contribution in [2.45, 2.75) is 32.4 Å². The van der Waals surface area contributed by atoms with Crippen molar-refractivity contribution in [3.63, 3.8) is 0 Å². The predicted molar refractivity (Wildman–Crippen MR) is 67.3 cm³/mol. The van der Waals surface area contributed by atoms with Gasteiger partial charge < -0.3 is 14.6 Å². The third-order valence-corrected chi connectivity index (χ3v) is 3.27. The molecular formula is C12H20N4O3. The molecule has 1 aliphatic rings. The van der Waals surface area contributed by atoms with E-state index in [2.05, 4.69) is 15.5 Å². The summed E-state index contributed by atoms with van der Waals surface area (Å²) in [7, 11) is 0. The van der Waals surface area contributed by atoms with Crippen molar-refractivity contribution in [1.82, 2.24) is 20.4 Å². The molecule has 1 amide bonds. The molecule has 1 aliphatic heterocycles. The Hall–Kier alpha value is -1.47. The number of hydrogen-bond donors (Lipinski definition) is 1. The average molecular weight is 268 g/mol. The highest BCUT2D eigenvalue weighted by molar-refractivity contribution is 5.78. The third kappa shape index (κ3) is 3.74. The van der Waals surface area contributed by atoms with Crippen molar-refractivity contribution in [2.24, 2.45) is 0 Å². The van der Waals surface area contributed by atoms with Gasteiger partial charge in [-0.25, -0.2) is 0 Å². The number of morpholine rings is 1. The van der Waals surface area contributed by atoms with Crippen LogP contribution in [0.25, 0.3) is 0 Å². The number of nitrogens with one attached hydrogen (secondary N) is 1. The van der Waals surface area contributed by atoms with Crippen LogP contribution >= 0.6 is 0 Å². The van der Waals surface area contributed by atoms with Crippen molar-refractivity contribution >= 4 is 5.91 Å². The molecule has 0 spiro atoms. The van der Waals surface area contributed by atoms with Gasteiger partial charge in [0.2, 0.25) is 11.8 Å². The van der Waals surface area contributed by atoms with E-state index >= 15 is 0 Å². The Morgan fingerprint density at radius 1 is 1.68 bits per heavy atom. The number of carbonyl (C=O) groups excluding carboxylic acids is 1.